The van der Waals surface area contributed by atoms with E-state index < -0.39 is 11.5 Å². The number of esters is 1. The van der Waals surface area contributed by atoms with Gasteiger partial charge in [0.2, 0.25) is 0 Å². The number of hydrogen-bond donors (Lipinski definition) is 1. The Morgan fingerprint density at radius 3 is 2.74 bits per heavy atom. The molecule has 3 rings (SSSR count). The fourth-order valence-corrected chi connectivity index (χ4v) is 3.28. The highest BCUT2D eigenvalue weighted by molar-refractivity contribution is 7.71. The largest absolute Gasteiger partial charge is 0.492 e. The molecule has 0 aliphatic rings. The average molecular weight is 406 g/mol. The van der Waals surface area contributed by atoms with E-state index in [0.717, 1.165) is 0 Å². The van der Waals surface area contributed by atoms with Gasteiger partial charge in [-0.05, 0) is 38.2 Å². The molecule has 2 heterocycles. The molecule has 0 bridgehead atoms. The molecule has 1 N–H and O–H groups in total. The van der Waals surface area contributed by atoms with Gasteiger partial charge in [0.15, 0.2) is 10.4 Å². The number of pyridine rings is 1. The molecule has 0 atom stereocenters. The first-order chi connectivity index (χ1) is 12.9. The molecule has 0 saturated carbocycles. The molecule has 2 aromatic heterocycles. The van der Waals surface area contributed by atoms with E-state index in [4.69, 9.17) is 33.3 Å². The Morgan fingerprint density at radius 2 is 2.07 bits per heavy atom. The second-order valence-corrected chi connectivity index (χ2v) is 6.34. The van der Waals surface area contributed by atoms with E-state index in [2.05, 4.69) is 9.97 Å². The zero-order valence-corrected chi connectivity index (χ0v) is 16.4. The number of rotatable bonds is 4. The maximum atomic E-state index is 12.6. The summed E-state index contributed by atoms with van der Waals surface area (Å²) in [4.78, 5) is 31.9. The average Bonchev–Trinajstić information content (AvgIpc) is 2.64. The predicted octanol–water partition coefficient (Wildman–Crippen LogP) is 3.59. The Balaban J connectivity index is 2.54. The number of ether oxygens (including phenoxy) is 2. The molecule has 0 fully saturated rings. The topological polar surface area (TPSA) is 86.2 Å². The summed E-state index contributed by atoms with van der Waals surface area (Å²) >= 11 is 11.6. The van der Waals surface area contributed by atoms with Crippen molar-refractivity contribution in [2.45, 2.75) is 13.8 Å². The van der Waals surface area contributed by atoms with E-state index in [1.54, 1.807) is 29.7 Å². The van der Waals surface area contributed by atoms with Crippen LogP contribution in [0.25, 0.3) is 16.7 Å². The lowest BCUT2D eigenvalue weighted by Gasteiger charge is -2.16. The molecule has 0 saturated heterocycles. The summed E-state index contributed by atoms with van der Waals surface area (Å²) in [7, 11) is 1.22. The number of halogens is 1. The third-order valence-electron chi connectivity index (χ3n) is 3.94. The van der Waals surface area contributed by atoms with Crippen LogP contribution in [-0.4, -0.2) is 34.2 Å². The van der Waals surface area contributed by atoms with Gasteiger partial charge >= 0.3 is 5.97 Å². The van der Waals surface area contributed by atoms with Crippen molar-refractivity contribution in [3.05, 3.63) is 55.7 Å². The summed E-state index contributed by atoms with van der Waals surface area (Å²) in [5.74, 6) is -0.179. The Labute approximate surface area is 164 Å². The second kappa shape index (κ2) is 7.50. The van der Waals surface area contributed by atoms with Crippen molar-refractivity contribution in [2.24, 2.45) is 0 Å². The van der Waals surface area contributed by atoms with Crippen molar-refractivity contribution in [3.8, 4) is 11.4 Å². The van der Waals surface area contributed by atoms with Crippen LogP contribution < -0.4 is 10.3 Å². The number of hydrogen-bond acceptors (Lipinski definition) is 6. The molecule has 0 aliphatic heterocycles. The zero-order valence-electron chi connectivity index (χ0n) is 14.8. The van der Waals surface area contributed by atoms with Crippen molar-refractivity contribution in [1.29, 1.82) is 0 Å². The van der Waals surface area contributed by atoms with E-state index in [1.807, 2.05) is 13.0 Å². The summed E-state index contributed by atoms with van der Waals surface area (Å²) in [5.41, 5.74) is 0.511. The van der Waals surface area contributed by atoms with Gasteiger partial charge < -0.3 is 9.47 Å². The lowest BCUT2D eigenvalue weighted by molar-refractivity contribution is 0.0603. The van der Waals surface area contributed by atoms with Gasteiger partial charge in [0, 0.05) is 0 Å². The summed E-state index contributed by atoms with van der Waals surface area (Å²) < 4.78 is 12.1. The van der Waals surface area contributed by atoms with Gasteiger partial charge in [-0.25, -0.2) is 9.78 Å². The minimum atomic E-state index is -0.734. The van der Waals surface area contributed by atoms with Crippen molar-refractivity contribution in [1.82, 2.24) is 14.5 Å². The van der Waals surface area contributed by atoms with Crippen LogP contribution in [0.2, 0.25) is 5.02 Å². The predicted molar refractivity (Wildman–Crippen MR) is 105 cm³/mol. The number of nitrogens with one attached hydrogen (secondary N) is 1. The first kappa shape index (κ1) is 19.1. The third kappa shape index (κ3) is 3.22. The van der Waals surface area contributed by atoms with E-state index in [1.165, 1.54) is 7.11 Å². The van der Waals surface area contributed by atoms with Gasteiger partial charge in [-0.1, -0.05) is 23.7 Å². The van der Waals surface area contributed by atoms with Crippen LogP contribution in [-0.2, 0) is 4.74 Å². The molecule has 0 spiro atoms. The van der Waals surface area contributed by atoms with Crippen molar-refractivity contribution >= 4 is 40.8 Å². The number of aromatic amines is 1. The van der Waals surface area contributed by atoms with Crippen LogP contribution in [0.4, 0.5) is 0 Å². The van der Waals surface area contributed by atoms with Crippen LogP contribution in [0.3, 0.4) is 0 Å². The van der Waals surface area contributed by atoms with Gasteiger partial charge in [-0.15, -0.1) is 0 Å². The van der Waals surface area contributed by atoms with E-state index >= 15 is 0 Å². The monoisotopic (exact) mass is 405 g/mol. The number of nitrogens with zero attached hydrogens (tertiary/aromatic N) is 2. The number of carbonyl (C=O) groups is 1. The maximum absolute atomic E-state index is 12.6. The van der Waals surface area contributed by atoms with Gasteiger partial charge in [0.1, 0.15) is 5.75 Å². The quantitative estimate of drug-likeness (QED) is 0.527. The van der Waals surface area contributed by atoms with Gasteiger partial charge in [0.05, 0.1) is 41.1 Å². The molecule has 9 heteroatoms. The van der Waals surface area contributed by atoms with Crippen LogP contribution in [0.15, 0.2) is 29.1 Å². The highest BCUT2D eigenvalue weighted by Gasteiger charge is 2.24. The SMILES string of the molecule is CCOc1ccccc1-n1c(=S)[nH]c(=O)c2c(C(=O)OC)c(Cl)c(C)nc21. The molecular weight excluding hydrogens is 390 g/mol. The minimum absolute atomic E-state index is 0.00245. The highest BCUT2D eigenvalue weighted by atomic mass is 35.5. The van der Waals surface area contributed by atoms with Crippen molar-refractivity contribution in [3.63, 3.8) is 0 Å². The van der Waals surface area contributed by atoms with Crippen LogP contribution in [0.1, 0.15) is 23.0 Å². The van der Waals surface area contributed by atoms with Crippen LogP contribution in [0, 0.1) is 11.7 Å². The molecule has 0 unspecified atom stereocenters. The van der Waals surface area contributed by atoms with Crippen molar-refractivity contribution in [2.75, 3.05) is 13.7 Å². The number of para-hydroxylation sites is 2. The number of H-pyrrole nitrogens is 1. The molecule has 0 aliphatic carbocycles. The molecule has 7 nitrogen and oxygen atoms in total. The number of fused-ring (bicyclic) bond motifs is 1. The van der Waals surface area contributed by atoms with Crippen LogP contribution in [0.5, 0.6) is 5.75 Å². The summed E-state index contributed by atoms with van der Waals surface area (Å²) in [6.07, 6.45) is 0. The van der Waals surface area contributed by atoms with Gasteiger partial charge in [-0.2, -0.15) is 0 Å². The van der Waals surface area contributed by atoms with Gasteiger partial charge in [-0.3, -0.25) is 14.3 Å². The number of methoxy groups -OCH3 is 1. The molecule has 1 aromatic carbocycles. The number of aryl methyl sites for hydroxylation is 1. The maximum Gasteiger partial charge on any atom is 0.340 e. The smallest absolute Gasteiger partial charge is 0.340 e. The third-order valence-corrected chi connectivity index (χ3v) is 4.69. The van der Waals surface area contributed by atoms with E-state index in [0.29, 0.717) is 23.7 Å². The first-order valence-electron chi connectivity index (χ1n) is 8.06. The molecular formula is C18H16ClN3O4S. The lowest BCUT2D eigenvalue weighted by atomic mass is 10.1. The first-order valence-corrected chi connectivity index (χ1v) is 8.85. The van der Waals surface area contributed by atoms with Gasteiger partial charge in [0.25, 0.3) is 5.56 Å². The standard InChI is InChI=1S/C18H16ClN3O4S/c1-4-26-11-8-6-5-7-10(11)22-15-13(16(23)21-18(22)27)12(17(24)25-3)14(19)9(2)20-15/h5-8H,4H2,1-3H3,(H,21,23,27). The molecule has 27 heavy (non-hydrogen) atoms. The number of carbonyl (C=O) groups excluding carboxylic acids is 1. The van der Waals surface area contributed by atoms with Crippen LogP contribution >= 0.6 is 23.8 Å². The Bertz CT molecular complexity index is 1170. The Hall–Kier alpha value is -2.71. The normalized spacial score (nSPS) is 10.8. The molecule has 0 radical (unpaired) electrons. The number of aromatic nitrogens is 3. The summed E-state index contributed by atoms with van der Waals surface area (Å²) in [6.45, 7) is 3.94. The van der Waals surface area contributed by atoms with E-state index in [9.17, 15) is 9.59 Å². The molecule has 3 aromatic rings. The Kier molecular flexibility index (Phi) is 5.29. The fraction of sp³-hybridized carbons (Fsp3) is 0.222. The number of benzene rings is 1. The Morgan fingerprint density at radius 1 is 1.37 bits per heavy atom. The highest BCUT2D eigenvalue weighted by Crippen LogP contribution is 2.30. The molecule has 0 amide bonds. The minimum Gasteiger partial charge on any atom is -0.492 e. The molecule has 140 valence electrons. The second-order valence-electron chi connectivity index (χ2n) is 5.57. The summed E-state index contributed by atoms with van der Waals surface area (Å²) in [5, 5.41) is 0.0546. The summed E-state index contributed by atoms with van der Waals surface area (Å²) in [6, 6.07) is 7.19. The van der Waals surface area contributed by atoms with Crippen molar-refractivity contribution < 1.29 is 14.3 Å². The van der Waals surface area contributed by atoms with E-state index in [-0.39, 0.29) is 26.4 Å². The fourth-order valence-electron chi connectivity index (χ4n) is 2.79. The zero-order chi connectivity index (χ0) is 19.7. The lowest BCUT2D eigenvalue weighted by Crippen LogP contribution is -2.20.